The summed E-state index contributed by atoms with van der Waals surface area (Å²) in [5.41, 5.74) is -0.509. The summed E-state index contributed by atoms with van der Waals surface area (Å²) in [7, 11) is 3.07. The number of anilines is 1. The second-order valence-electron chi connectivity index (χ2n) is 7.40. The van der Waals surface area contributed by atoms with Crippen LogP contribution < -0.4 is 16.1 Å². The molecule has 23 heavy (non-hydrogen) atoms. The van der Waals surface area contributed by atoms with E-state index in [2.05, 4.69) is 18.7 Å². The fourth-order valence-corrected chi connectivity index (χ4v) is 4.82. The van der Waals surface area contributed by atoms with Crippen molar-refractivity contribution in [1.29, 1.82) is 5.26 Å². The number of hydrogen-bond donors (Lipinski definition) is 0. The summed E-state index contributed by atoms with van der Waals surface area (Å²) in [6, 6.07) is 2.31. The zero-order valence-electron chi connectivity index (χ0n) is 14.3. The van der Waals surface area contributed by atoms with Crippen molar-refractivity contribution >= 4 is 5.82 Å². The zero-order chi connectivity index (χ0) is 16.9. The Bertz CT molecular complexity index is 791. The topological polar surface area (TPSA) is 71.0 Å². The lowest BCUT2D eigenvalue weighted by Crippen LogP contribution is -2.67. The second kappa shape index (κ2) is 5.26. The van der Waals surface area contributed by atoms with Crippen molar-refractivity contribution in [3.8, 4) is 6.07 Å². The molecular weight excluding hydrogens is 292 g/mol. The van der Waals surface area contributed by atoms with Gasteiger partial charge in [0, 0.05) is 32.1 Å². The lowest BCUT2D eigenvalue weighted by Gasteiger charge is -2.59. The first-order valence-electron chi connectivity index (χ1n) is 8.31. The molecule has 6 heteroatoms. The van der Waals surface area contributed by atoms with E-state index in [1.54, 1.807) is 7.05 Å². The molecule has 2 heterocycles. The summed E-state index contributed by atoms with van der Waals surface area (Å²) in [5, 5.41) is 9.48. The molecule has 1 aliphatic carbocycles. The van der Waals surface area contributed by atoms with Crippen LogP contribution in [0.5, 0.6) is 0 Å². The van der Waals surface area contributed by atoms with E-state index in [9.17, 15) is 14.9 Å². The van der Waals surface area contributed by atoms with Crippen LogP contribution in [0.3, 0.4) is 0 Å². The molecule has 1 aromatic rings. The molecule has 2 aliphatic rings. The molecule has 1 aromatic heterocycles. The van der Waals surface area contributed by atoms with Gasteiger partial charge < -0.3 is 4.90 Å². The van der Waals surface area contributed by atoms with E-state index >= 15 is 0 Å². The largest absolute Gasteiger partial charge is 0.352 e. The Labute approximate surface area is 135 Å². The van der Waals surface area contributed by atoms with Gasteiger partial charge in [-0.1, -0.05) is 26.7 Å². The number of hydrogen-bond acceptors (Lipinski definition) is 4. The minimum Gasteiger partial charge on any atom is -0.352 e. The lowest BCUT2D eigenvalue weighted by molar-refractivity contribution is 0.0966. The van der Waals surface area contributed by atoms with Crippen molar-refractivity contribution in [2.45, 2.75) is 45.6 Å². The predicted octanol–water partition coefficient (Wildman–Crippen LogP) is 1.36. The zero-order valence-corrected chi connectivity index (χ0v) is 14.3. The van der Waals surface area contributed by atoms with E-state index < -0.39 is 5.56 Å². The van der Waals surface area contributed by atoms with E-state index in [4.69, 9.17) is 0 Å². The summed E-state index contributed by atoms with van der Waals surface area (Å²) in [6.07, 6.45) is 4.90. The van der Waals surface area contributed by atoms with Crippen LogP contribution in [-0.4, -0.2) is 21.7 Å². The van der Waals surface area contributed by atoms with E-state index in [0.29, 0.717) is 11.7 Å². The van der Waals surface area contributed by atoms with Crippen LogP contribution in [0, 0.1) is 22.7 Å². The van der Waals surface area contributed by atoms with Gasteiger partial charge in [-0.3, -0.25) is 13.9 Å². The van der Waals surface area contributed by atoms with Gasteiger partial charge in [-0.05, 0) is 18.8 Å². The fourth-order valence-electron chi connectivity index (χ4n) is 4.82. The Morgan fingerprint density at radius 3 is 2.30 bits per heavy atom. The van der Waals surface area contributed by atoms with Crippen LogP contribution in [0.1, 0.15) is 45.1 Å². The maximum atomic E-state index is 12.3. The third kappa shape index (κ3) is 2.06. The van der Waals surface area contributed by atoms with Crippen LogP contribution in [0.25, 0.3) is 0 Å². The lowest BCUT2D eigenvalue weighted by atomic mass is 9.66. The molecule has 2 fully saturated rings. The van der Waals surface area contributed by atoms with Gasteiger partial charge in [-0.15, -0.1) is 0 Å². The Morgan fingerprint density at radius 1 is 1.17 bits per heavy atom. The molecule has 0 amide bonds. The number of nitriles is 1. The van der Waals surface area contributed by atoms with Crippen molar-refractivity contribution in [2.75, 3.05) is 11.4 Å². The molecule has 0 N–H and O–H groups in total. The van der Waals surface area contributed by atoms with E-state index in [0.717, 1.165) is 11.1 Å². The van der Waals surface area contributed by atoms with Gasteiger partial charge in [-0.2, -0.15) is 5.26 Å². The summed E-state index contributed by atoms with van der Waals surface area (Å²) in [4.78, 5) is 26.8. The van der Waals surface area contributed by atoms with Crippen LogP contribution in [-0.2, 0) is 14.1 Å². The van der Waals surface area contributed by atoms with Gasteiger partial charge in [0.25, 0.3) is 5.56 Å². The molecule has 6 nitrogen and oxygen atoms in total. The molecule has 1 spiro atoms. The van der Waals surface area contributed by atoms with Crippen LogP contribution in [0.15, 0.2) is 9.59 Å². The molecule has 0 aromatic carbocycles. The van der Waals surface area contributed by atoms with Crippen LogP contribution in [0.4, 0.5) is 5.82 Å². The average Bonchev–Trinajstić information content (AvgIpc) is 2.97. The van der Waals surface area contributed by atoms with Gasteiger partial charge in [0.15, 0.2) is 5.56 Å². The quantitative estimate of drug-likeness (QED) is 0.826. The molecule has 1 saturated heterocycles. The normalized spacial score (nSPS) is 22.4. The fraction of sp³-hybridized carbons (Fsp3) is 0.706. The maximum absolute atomic E-state index is 12.3. The molecule has 1 atom stereocenters. The average molecular weight is 316 g/mol. The monoisotopic (exact) mass is 316 g/mol. The highest BCUT2D eigenvalue weighted by atomic mass is 16.2. The highest BCUT2D eigenvalue weighted by Crippen LogP contribution is 2.54. The van der Waals surface area contributed by atoms with Gasteiger partial charge >= 0.3 is 5.69 Å². The Kier molecular flexibility index (Phi) is 3.62. The van der Waals surface area contributed by atoms with Gasteiger partial charge in [0.2, 0.25) is 0 Å². The SMILES string of the molecule is CC(C)[C@H]1N(c2c(C#N)c(=O)n(C)c(=O)n2C)CC12CCCC2. The minimum absolute atomic E-state index is 0.0769. The minimum atomic E-state index is -0.500. The number of nitrogens with zero attached hydrogens (tertiary/aromatic N) is 4. The molecule has 124 valence electrons. The van der Waals surface area contributed by atoms with E-state index in [1.807, 2.05) is 6.07 Å². The first-order chi connectivity index (χ1) is 10.8. The van der Waals surface area contributed by atoms with Crippen molar-refractivity contribution in [3.63, 3.8) is 0 Å². The van der Waals surface area contributed by atoms with Crippen molar-refractivity contribution in [1.82, 2.24) is 9.13 Å². The van der Waals surface area contributed by atoms with Crippen molar-refractivity contribution in [3.05, 3.63) is 26.4 Å². The summed E-state index contributed by atoms with van der Waals surface area (Å²) in [5.74, 6) is 0.907. The molecule has 0 radical (unpaired) electrons. The smallest absolute Gasteiger partial charge is 0.332 e. The molecule has 0 bridgehead atoms. The standard InChI is InChI=1S/C17H24N4O2/c1-11(2)13-17(7-5-6-8-17)10-21(13)14-12(9-18)15(22)20(4)16(23)19(14)3/h11,13H,5-8,10H2,1-4H3/t13-/m1/s1. The molecule has 1 saturated carbocycles. The highest BCUT2D eigenvalue weighted by molar-refractivity contribution is 5.57. The number of aromatic nitrogens is 2. The van der Waals surface area contributed by atoms with Crippen molar-refractivity contribution in [2.24, 2.45) is 25.4 Å². The predicted molar refractivity (Wildman–Crippen MR) is 88.5 cm³/mol. The third-order valence-electron chi connectivity index (χ3n) is 5.70. The Hall–Kier alpha value is -2.03. The third-order valence-corrected chi connectivity index (χ3v) is 5.70. The molecule has 1 aliphatic heterocycles. The number of rotatable bonds is 2. The molecule has 3 rings (SSSR count). The van der Waals surface area contributed by atoms with Gasteiger partial charge in [0.05, 0.1) is 0 Å². The maximum Gasteiger partial charge on any atom is 0.332 e. The summed E-state index contributed by atoms with van der Waals surface area (Å²) in [6.45, 7) is 5.20. The summed E-state index contributed by atoms with van der Waals surface area (Å²) < 4.78 is 2.47. The summed E-state index contributed by atoms with van der Waals surface area (Å²) >= 11 is 0. The second-order valence-corrected chi connectivity index (χ2v) is 7.40. The van der Waals surface area contributed by atoms with Gasteiger partial charge in [0.1, 0.15) is 11.9 Å². The van der Waals surface area contributed by atoms with E-state index in [1.165, 1.54) is 37.3 Å². The molecular formula is C17H24N4O2. The first-order valence-corrected chi connectivity index (χ1v) is 8.31. The Morgan fingerprint density at radius 2 is 1.78 bits per heavy atom. The van der Waals surface area contributed by atoms with Gasteiger partial charge in [-0.25, -0.2) is 4.79 Å². The first kappa shape index (κ1) is 15.9. The van der Waals surface area contributed by atoms with Crippen molar-refractivity contribution < 1.29 is 0 Å². The molecule has 0 unspecified atom stereocenters. The van der Waals surface area contributed by atoms with Crippen LogP contribution in [0.2, 0.25) is 0 Å². The van der Waals surface area contributed by atoms with E-state index in [-0.39, 0.29) is 22.7 Å². The Balaban J connectivity index is 2.15. The van der Waals surface area contributed by atoms with Crippen LogP contribution >= 0.6 is 0 Å². The highest BCUT2D eigenvalue weighted by Gasteiger charge is 2.55.